The molecule has 12 nitrogen and oxygen atoms in total. The Morgan fingerprint density at radius 3 is 2.58 bits per heavy atom. The molecule has 0 saturated heterocycles. The lowest BCUT2D eigenvalue weighted by Crippen LogP contribution is -2.35. The minimum Gasteiger partial charge on any atom is -0.618 e. The maximum atomic E-state index is 15.2. The minimum atomic E-state index is -3.05. The number of imidazole rings is 1. The summed E-state index contributed by atoms with van der Waals surface area (Å²) in [6, 6.07) is 4.63. The molecule has 0 fully saturated rings. The van der Waals surface area contributed by atoms with Gasteiger partial charge in [-0.25, -0.2) is 9.37 Å². The van der Waals surface area contributed by atoms with Crippen molar-refractivity contribution in [3.8, 4) is 28.2 Å². The van der Waals surface area contributed by atoms with E-state index in [1.165, 1.54) is 52.4 Å². The van der Waals surface area contributed by atoms with Crippen LogP contribution in [-0.4, -0.2) is 58.0 Å². The van der Waals surface area contributed by atoms with Gasteiger partial charge in [-0.1, -0.05) is 16.8 Å². The number of halogens is 6. The molecule has 0 aliphatic rings. The van der Waals surface area contributed by atoms with Gasteiger partial charge in [-0.2, -0.15) is 31.7 Å². The highest BCUT2D eigenvalue weighted by Crippen LogP contribution is 2.34. The normalized spacial score (nSPS) is 12.5. The fourth-order valence-corrected chi connectivity index (χ4v) is 4.26. The van der Waals surface area contributed by atoms with Crippen LogP contribution >= 0.6 is 11.6 Å². The lowest BCUT2D eigenvalue weighted by molar-refractivity contribution is -0.615. The van der Waals surface area contributed by atoms with Crippen molar-refractivity contribution in [2.75, 3.05) is 6.61 Å². The van der Waals surface area contributed by atoms with Crippen LogP contribution in [0.15, 0.2) is 55.5 Å². The molecular weight excluding hydrogens is 567 g/mol. The van der Waals surface area contributed by atoms with Crippen molar-refractivity contribution in [3.63, 3.8) is 0 Å². The van der Waals surface area contributed by atoms with E-state index < -0.39 is 31.6 Å². The highest BCUT2D eigenvalue weighted by atomic mass is 35.5. The third-order valence-electron chi connectivity index (χ3n) is 5.86. The van der Waals surface area contributed by atoms with Gasteiger partial charge in [-0.15, -0.1) is 10.2 Å². The van der Waals surface area contributed by atoms with E-state index in [0.717, 1.165) is 12.4 Å². The topological polar surface area (TPSA) is 128 Å². The van der Waals surface area contributed by atoms with Crippen LogP contribution in [-0.2, 0) is 4.74 Å². The van der Waals surface area contributed by atoms with Gasteiger partial charge in [0.1, 0.15) is 23.8 Å². The van der Waals surface area contributed by atoms with E-state index in [1.54, 1.807) is 0 Å². The van der Waals surface area contributed by atoms with Crippen LogP contribution in [0, 0.1) is 11.0 Å². The van der Waals surface area contributed by atoms with Crippen molar-refractivity contribution < 1.29 is 31.4 Å². The monoisotopic (exact) mass is 582 g/mol. The van der Waals surface area contributed by atoms with Crippen LogP contribution in [0.1, 0.15) is 24.7 Å². The Morgan fingerprint density at radius 1 is 1.05 bits per heavy atom. The molecule has 0 bridgehead atoms. The van der Waals surface area contributed by atoms with Gasteiger partial charge in [0.25, 0.3) is 0 Å². The van der Waals surface area contributed by atoms with Gasteiger partial charge >= 0.3 is 13.2 Å². The highest BCUT2D eigenvalue weighted by Gasteiger charge is 2.26. The fraction of sp³-hybridized carbons (Fsp3) is 0.227. The van der Waals surface area contributed by atoms with Crippen molar-refractivity contribution in [1.82, 2.24) is 44.8 Å². The largest absolute Gasteiger partial charge is 0.618 e. The van der Waals surface area contributed by atoms with E-state index >= 15 is 4.39 Å². The first kappa shape index (κ1) is 27.1. The van der Waals surface area contributed by atoms with Crippen LogP contribution in [0.5, 0.6) is 0 Å². The van der Waals surface area contributed by atoms with E-state index in [0.29, 0.717) is 9.41 Å². The molecule has 0 unspecified atom stereocenters. The SMILES string of the molecule is [O-][n+]1cc(-c2c(-n3cnnn3)ccc(Cl)c2F)ccc1[C@H](CCOC(F)F)n1cnc(-c2cnnn2C(F)F)c1. The first-order chi connectivity index (χ1) is 19.2. The number of pyridine rings is 1. The number of benzene rings is 1. The third-order valence-corrected chi connectivity index (χ3v) is 6.15. The first-order valence-electron chi connectivity index (χ1n) is 11.3. The second kappa shape index (κ2) is 11.3. The zero-order chi connectivity index (χ0) is 28.4. The van der Waals surface area contributed by atoms with E-state index in [1.807, 2.05) is 0 Å². The maximum Gasteiger partial charge on any atom is 0.345 e. The summed E-state index contributed by atoms with van der Waals surface area (Å²) in [6.07, 6.45) is 5.84. The van der Waals surface area contributed by atoms with Crippen molar-refractivity contribution in [3.05, 3.63) is 77.3 Å². The summed E-state index contributed by atoms with van der Waals surface area (Å²) >= 11 is 5.99. The predicted octanol–water partition coefficient (Wildman–Crippen LogP) is 3.82. The molecule has 0 saturated carbocycles. The number of rotatable bonds is 10. The summed E-state index contributed by atoms with van der Waals surface area (Å²) in [6.45, 7) is -6.50. The van der Waals surface area contributed by atoms with Gasteiger partial charge in [-0.3, -0.25) is 0 Å². The van der Waals surface area contributed by atoms with Crippen molar-refractivity contribution in [2.45, 2.75) is 25.6 Å². The van der Waals surface area contributed by atoms with Crippen molar-refractivity contribution in [2.24, 2.45) is 0 Å². The van der Waals surface area contributed by atoms with E-state index in [2.05, 4.69) is 35.6 Å². The summed E-state index contributed by atoms with van der Waals surface area (Å²) in [4.78, 5) is 4.09. The average molecular weight is 583 g/mol. The van der Waals surface area contributed by atoms with E-state index in [9.17, 15) is 22.8 Å². The molecule has 40 heavy (non-hydrogen) atoms. The number of ether oxygens (including phenoxy) is 1. The van der Waals surface area contributed by atoms with Crippen LogP contribution < -0.4 is 4.73 Å². The summed E-state index contributed by atoms with van der Waals surface area (Å²) < 4.78 is 74.8. The van der Waals surface area contributed by atoms with Crippen LogP contribution in [0.25, 0.3) is 28.2 Å². The summed E-state index contributed by atoms with van der Waals surface area (Å²) in [5, 5.41) is 30.7. The third kappa shape index (κ3) is 5.32. The molecule has 0 aliphatic carbocycles. The minimum absolute atomic E-state index is 0.0393. The van der Waals surface area contributed by atoms with Crippen LogP contribution in [0.3, 0.4) is 0 Å². The second-order valence-corrected chi connectivity index (χ2v) is 8.57. The molecule has 1 aromatic carbocycles. The Morgan fingerprint density at radius 2 is 1.88 bits per heavy atom. The van der Waals surface area contributed by atoms with Crippen molar-refractivity contribution >= 4 is 11.6 Å². The Kier molecular flexibility index (Phi) is 7.65. The zero-order valence-corrected chi connectivity index (χ0v) is 20.7. The van der Waals surface area contributed by atoms with Gasteiger partial charge in [0.05, 0.1) is 41.0 Å². The molecule has 18 heteroatoms. The van der Waals surface area contributed by atoms with Gasteiger partial charge in [-0.05, 0) is 28.6 Å². The summed E-state index contributed by atoms with van der Waals surface area (Å²) in [5.41, 5.74) is 0.234. The van der Waals surface area contributed by atoms with Gasteiger partial charge in [0, 0.05) is 18.7 Å². The number of aromatic nitrogens is 10. The Hall–Kier alpha value is -4.51. The molecule has 0 aliphatic heterocycles. The predicted molar refractivity (Wildman–Crippen MR) is 126 cm³/mol. The van der Waals surface area contributed by atoms with Crippen LogP contribution in [0.4, 0.5) is 22.0 Å². The number of hydrogen-bond acceptors (Lipinski definition) is 8. The van der Waals surface area contributed by atoms with Crippen LogP contribution in [0.2, 0.25) is 5.02 Å². The molecule has 4 heterocycles. The van der Waals surface area contributed by atoms with Crippen molar-refractivity contribution in [1.29, 1.82) is 0 Å². The quantitative estimate of drug-likeness (QED) is 0.138. The number of hydrogen-bond donors (Lipinski definition) is 0. The molecule has 5 rings (SSSR count). The number of tetrazole rings is 1. The lowest BCUT2D eigenvalue weighted by Gasteiger charge is -2.19. The highest BCUT2D eigenvalue weighted by molar-refractivity contribution is 6.31. The zero-order valence-electron chi connectivity index (χ0n) is 19.9. The first-order valence-corrected chi connectivity index (χ1v) is 11.7. The van der Waals surface area contributed by atoms with E-state index in [4.69, 9.17) is 11.6 Å². The molecule has 0 spiro atoms. The van der Waals surface area contributed by atoms with E-state index in [-0.39, 0.29) is 45.3 Å². The number of alkyl halides is 4. The molecule has 0 radical (unpaired) electrons. The molecule has 5 aromatic rings. The fourth-order valence-electron chi connectivity index (χ4n) is 4.11. The van der Waals surface area contributed by atoms with Gasteiger partial charge in [0.15, 0.2) is 12.0 Å². The molecule has 4 aromatic heterocycles. The standard InChI is InChI=1S/C22H16ClF5N10O2/c23-13-2-4-17(36-11-31-32-34-36)19(20(13)24)12-1-3-16(37(39)8-12)15(5-6-40-22(27)28)35-9-14(29-10-35)18-7-30-33-38(18)21(25)26/h1-4,7-11,15,21-22H,5-6H2/t15-/m0/s1. The molecule has 1 atom stereocenters. The second-order valence-electron chi connectivity index (χ2n) is 8.16. The number of nitrogens with zero attached hydrogens (tertiary/aromatic N) is 10. The lowest BCUT2D eigenvalue weighted by atomic mass is 10.0. The Bertz CT molecular complexity index is 1610. The molecule has 0 N–H and O–H groups in total. The Labute approximate surface area is 225 Å². The average Bonchev–Trinajstić information content (AvgIpc) is 3.70. The summed E-state index contributed by atoms with van der Waals surface area (Å²) in [7, 11) is 0. The molecule has 208 valence electrons. The van der Waals surface area contributed by atoms with Gasteiger partial charge in [0.2, 0.25) is 5.69 Å². The smallest absolute Gasteiger partial charge is 0.345 e. The Balaban J connectivity index is 1.54. The summed E-state index contributed by atoms with van der Waals surface area (Å²) in [5.74, 6) is -0.826. The molecule has 0 amide bonds. The maximum absolute atomic E-state index is 15.2. The molecular formula is C22H16ClF5N10O2. The van der Waals surface area contributed by atoms with Gasteiger partial charge < -0.3 is 14.5 Å².